The predicted molar refractivity (Wildman–Crippen MR) is 159 cm³/mol. The zero-order valence-electron chi connectivity index (χ0n) is 22.7. The number of rotatable bonds is 7. The quantitative estimate of drug-likeness (QED) is 0.192. The van der Waals surface area contributed by atoms with Crippen LogP contribution in [0.5, 0.6) is 0 Å². The first kappa shape index (κ1) is 27.8. The van der Waals surface area contributed by atoms with Gasteiger partial charge in [0.2, 0.25) is 10.0 Å². The number of carbonyl (C=O) groups is 1. The number of benzene rings is 3. The molecule has 0 saturated heterocycles. The molecule has 10 nitrogen and oxygen atoms in total. The first-order chi connectivity index (χ1) is 20.6. The molecular formula is C30H23F2N5O5S. The van der Waals surface area contributed by atoms with E-state index in [-0.39, 0.29) is 45.3 Å². The summed E-state index contributed by atoms with van der Waals surface area (Å²) in [5, 5.41) is 3.18. The molecule has 6 aromatic rings. The van der Waals surface area contributed by atoms with Crippen molar-refractivity contribution in [3.8, 4) is 34.0 Å². The van der Waals surface area contributed by atoms with Crippen molar-refractivity contribution >= 4 is 43.5 Å². The summed E-state index contributed by atoms with van der Waals surface area (Å²) in [7, 11) is -2.38. The molecule has 0 aliphatic heterocycles. The molecule has 0 fully saturated rings. The maximum atomic E-state index is 14.4. The highest BCUT2D eigenvalue weighted by atomic mass is 32.2. The van der Waals surface area contributed by atoms with Crippen molar-refractivity contribution in [2.45, 2.75) is 6.92 Å². The molecule has 0 radical (unpaired) electrons. The van der Waals surface area contributed by atoms with Crippen LogP contribution in [-0.2, 0) is 10.0 Å². The van der Waals surface area contributed by atoms with E-state index in [2.05, 4.69) is 25.0 Å². The molecule has 6 rings (SSSR count). The third-order valence-corrected chi connectivity index (χ3v) is 8.25. The molecule has 3 heterocycles. The predicted octanol–water partition coefficient (Wildman–Crippen LogP) is 5.40. The van der Waals surface area contributed by atoms with E-state index in [0.29, 0.717) is 27.5 Å². The SMILES string of the molecule is CCS(=O)(=O)Nc1cc2oc(-c3ccc(F)cc3)c(C(=O)NC)c2cc1-c1cc(-c2cc3c(F)cccc3[nH]2)[nH]c(=O)n1. The van der Waals surface area contributed by atoms with Gasteiger partial charge in [-0.25, -0.2) is 22.0 Å². The summed E-state index contributed by atoms with van der Waals surface area (Å²) in [6.45, 7) is 1.46. The van der Waals surface area contributed by atoms with E-state index >= 15 is 0 Å². The third-order valence-electron chi connectivity index (χ3n) is 6.96. The van der Waals surface area contributed by atoms with E-state index in [4.69, 9.17) is 4.42 Å². The van der Waals surface area contributed by atoms with Crippen LogP contribution in [0.3, 0.4) is 0 Å². The maximum Gasteiger partial charge on any atom is 0.346 e. The number of hydrogen-bond donors (Lipinski definition) is 4. The Hall–Kier alpha value is -5.30. The Morgan fingerprint density at radius 2 is 1.72 bits per heavy atom. The van der Waals surface area contributed by atoms with Gasteiger partial charge in [-0.1, -0.05) is 6.07 Å². The summed E-state index contributed by atoms with van der Waals surface area (Å²) in [4.78, 5) is 35.7. The first-order valence-corrected chi connectivity index (χ1v) is 14.7. The molecule has 0 unspecified atom stereocenters. The number of hydrogen-bond acceptors (Lipinski definition) is 6. The lowest BCUT2D eigenvalue weighted by Gasteiger charge is -2.12. The molecule has 4 N–H and O–H groups in total. The lowest BCUT2D eigenvalue weighted by atomic mass is 10.0. The van der Waals surface area contributed by atoms with Gasteiger partial charge in [-0.3, -0.25) is 9.52 Å². The minimum absolute atomic E-state index is 0.0453. The highest BCUT2D eigenvalue weighted by molar-refractivity contribution is 7.92. The lowest BCUT2D eigenvalue weighted by Crippen LogP contribution is -2.18. The van der Waals surface area contributed by atoms with Crippen molar-refractivity contribution in [3.05, 3.63) is 94.4 Å². The number of nitrogens with one attached hydrogen (secondary N) is 4. The summed E-state index contributed by atoms with van der Waals surface area (Å²) < 4.78 is 62.0. The fourth-order valence-corrected chi connectivity index (χ4v) is 5.49. The van der Waals surface area contributed by atoms with E-state index in [9.17, 15) is 26.8 Å². The Morgan fingerprint density at radius 3 is 2.42 bits per heavy atom. The van der Waals surface area contributed by atoms with Gasteiger partial charge >= 0.3 is 5.69 Å². The van der Waals surface area contributed by atoms with Crippen LogP contribution in [0.1, 0.15) is 17.3 Å². The smallest absolute Gasteiger partial charge is 0.346 e. The Labute approximate surface area is 242 Å². The second kappa shape index (κ2) is 10.5. The van der Waals surface area contributed by atoms with Gasteiger partial charge in [0.05, 0.1) is 34.1 Å². The molecule has 43 heavy (non-hydrogen) atoms. The summed E-state index contributed by atoms with van der Waals surface area (Å²) in [6, 6.07) is 15.9. The van der Waals surface area contributed by atoms with Crippen molar-refractivity contribution < 1.29 is 26.4 Å². The monoisotopic (exact) mass is 603 g/mol. The summed E-state index contributed by atoms with van der Waals surface area (Å²) in [6.07, 6.45) is 0. The van der Waals surface area contributed by atoms with Gasteiger partial charge in [-0.15, -0.1) is 0 Å². The number of sulfonamides is 1. The number of amides is 1. The molecule has 0 atom stereocenters. The third kappa shape index (κ3) is 5.14. The minimum atomic E-state index is -3.82. The van der Waals surface area contributed by atoms with Crippen LogP contribution in [0.2, 0.25) is 0 Å². The number of anilines is 1. The van der Waals surface area contributed by atoms with Crippen molar-refractivity contribution in [3.63, 3.8) is 0 Å². The van der Waals surface area contributed by atoms with E-state index in [1.165, 1.54) is 62.5 Å². The average Bonchev–Trinajstić information content (AvgIpc) is 3.59. The summed E-state index contributed by atoms with van der Waals surface area (Å²) >= 11 is 0. The number of aromatic amines is 2. The molecule has 1 amide bonds. The highest BCUT2D eigenvalue weighted by Gasteiger charge is 2.25. The van der Waals surface area contributed by atoms with Gasteiger partial charge in [0.15, 0.2) is 0 Å². The van der Waals surface area contributed by atoms with Gasteiger partial charge in [0, 0.05) is 40.5 Å². The van der Waals surface area contributed by atoms with Gasteiger partial charge in [-0.05, 0) is 61.5 Å². The molecule has 218 valence electrons. The molecule has 0 aliphatic rings. The van der Waals surface area contributed by atoms with Gasteiger partial charge in [0.1, 0.15) is 23.0 Å². The topological polar surface area (TPSA) is 150 Å². The van der Waals surface area contributed by atoms with Crippen LogP contribution in [0.4, 0.5) is 14.5 Å². The van der Waals surface area contributed by atoms with E-state index in [0.717, 1.165) is 0 Å². The van der Waals surface area contributed by atoms with Crippen LogP contribution < -0.4 is 15.7 Å². The molecule has 3 aromatic heterocycles. The van der Waals surface area contributed by atoms with Crippen LogP contribution in [-0.4, -0.2) is 42.1 Å². The number of nitrogens with zero attached hydrogens (tertiary/aromatic N) is 1. The number of fused-ring (bicyclic) bond motifs is 2. The average molecular weight is 604 g/mol. The maximum absolute atomic E-state index is 14.4. The van der Waals surface area contributed by atoms with Crippen molar-refractivity contribution in [2.24, 2.45) is 0 Å². The summed E-state index contributed by atoms with van der Waals surface area (Å²) in [5.74, 6) is -1.55. The summed E-state index contributed by atoms with van der Waals surface area (Å²) in [5.41, 5.74) is 1.40. The molecule has 0 bridgehead atoms. The van der Waals surface area contributed by atoms with Crippen LogP contribution in [0.25, 0.3) is 55.8 Å². The zero-order chi connectivity index (χ0) is 30.5. The largest absolute Gasteiger partial charge is 0.455 e. The van der Waals surface area contributed by atoms with Crippen molar-refractivity contribution in [2.75, 3.05) is 17.5 Å². The van der Waals surface area contributed by atoms with Crippen molar-refractivity contribution in [1.29, 1.82) is 0 Å². The first-order valence-electron chi connectivity index (χ1n) is 13.0. The standard InChI is InChI=1S/C30H23F2N5O5S/c1-3-43(40,41)37-23-14-26-19(27(29(38)33-2)28(42-26)15-7-9-16(31)10-8-15)11-18(23)22-13-25(36-30(39)35-22)24-12-17-20(32)5-4-6-21(17)34-24/h4-14,34,37H,3H2,1-2H3,(H,33,38)(H,35,36,39). The normalized spacial score (nSPS) is 11.7. The number of H-pyrrole nitrogens is 2. The Balaban J connectivity index is 1.61. The Morgan fingerprint density at radius 1 is 0.977 bits per heavy atom. The van der Waals surface area contributed by atoms with Gasteiger partial charge in [0.25, 0.3) is 5.91 Å². The second-order valence-corrected chi connectivity index (χ2v) is 11.7. The molecular weight excluding hydrogens is 580 g/mol. The fraction of sp³-hybridized carbons (Fsp3) is 0.100. The van der Waals surface area contributed by atoms with Crippen LogP contribution in [0.15, 0.2) is 75.9 Å². The number of furan rings is 1. The van der Waals surface area contributed by atoms with Crippen LogP contribution in [0, 0.1) is 11.6 Å². The molecule has 0 saturated carbocycles. The molecule has 0 spiro atoms. The molecule has 13 heteroatoms. The molecule has 0 aliphatic carbocycles. The number of carbonyl (C=O) groups excluding carboxylic acids is 1. The zero-order valence-corrected chi connectivity index (χ0v) is 23.5. The Bertz CT molecular complexity index is 2220. The van der Waals surface area contributed by atoms with Gasteiger partial charge in [-0.2, -0.15) is 4.98 Å². The number of aromatic nitrogens is 3. The lowest BCUT2D eigenvalue weighted by molar-refractivity contribution is 0.0964. The van der Waals surface area contributed by atoms with Crippen LogP contribution >= 0.6 is 0 Å². The fourth-order valence-electron chi connectivity index (χ4n) is 4.84. The van der Waals surface area contributed by atoms with Gasteiger partial charge < -0.3 is 19.7 Å². The van der Waals surface area contributed by atoms with E-state index in [1.807, 2.05) is 0 Å². The van der Waals surface area contributed by atoms with E-state index < -0.39 is 33.3 Å². The Kier molecular flexibility index (Phi) is 6.81. The van der Waals surface area contributed by atoms with Crippen molar-refractivity contribution in [1.82, 2.24) is 20.3 Å². The minimum Gasteiger partial charge on any atom is -0.455 e. The second-order valence-electron chi connectivity index (χ2n) is 9.66. The highest BCUT2D eigenvalue weighted by Crippen LogP contribution is 2.40. The molecule has 3 aromatic carbocycles. The van der Waals surface area contributed by atoms with E-state index in [1.54, 1.807) is 18.2 Å². The number of halogens is 2.